The largest absolute Gasteiger partial charge is 0.490 e. The summed E-state index contributed by atoms with van der Waals surface area (Å²) in [7, 11) is -4.13. The minimum Gasteiger partial charge on any atom is -0.490 e. The van der Waals surface area contributed by atoms with Gasteiger partial charge in [-0.15, -0.1) is 0 Å². The fourth-order valence-corrected chi connectivity index (χ4v) is 4.06. The van der Waals surface area contributed by atoms with Gasteiger partial charge in [-0.1, -0.05) is 0 Å². The molecule has 0 saturated heterocycles. The van der Waals surface area contributed by atoms with Gasteiger partial charge in [-0.05, 0) is 54.6 Å². The Morgan fingerprint density at radius 2 is 1.50 bits per heavy atom. The summed E-state index contributed by atoms with van der Waals surface area (Å²) in [5, 5.41) is 2.74. The van der Waals surface area contributed by atoms with Crippen molar-refractivity contribution in [3.05, 3.63) is 77.9 Å². The second-order valence-electron chi connectivity index (χ2n) is 6.92. The van der Waals surface area contributed by atoms with Crippen molar-refractivity contribution < 1.29 is 31.5 Å². The van der Waals surface area contributed by atoms with Crippen LogP contribution in [0.4, 0.5) is 20.2 Å². The standard InChI is InChI=1S/C22H18F2N2O5S/c23-18-8-7-17(13-19(18)24)32(28,29)26-15-4-2-14(3-5-15)22(27)25-16-6-9-20-21(12-16)31-11-1-10-30-20/h2-9,12-13,26H,1,10-11H2,(H,25,27). The van der Waals surface area contributed by atoms with Crippen molar-refractivity contribution in [1.29, 1.82) is 0 Å². The van der Waals surface area contributed by atoms with E-state index in [1.807, 2.05) is 0 Å². The summed E-state index contributed by atoms with van der Waals surface area (Å²) in [6.45, 7) is 1.08. The number of carbonyl (C=O) groups excluding carboxylic acids is 1. The quantitative estimate of drug-likeness (QED) is 0.596. The molecule has 0 bridgehead atoms. The maximum atomic E-state index is 13.4. The third-order valence-corrected chi connectivity index (χ3v) is 5.99. The maximum absolute atomic E-state index is 13.4. The number of carbonyl (C=O) groups is 1. The van der Waals surface area contributed by atoms with Crippen molar-refractivity contribution in [2.24, 2.45) is 0 Å². The van der Waals surface area contributed by atoms with Crippen molar-refractivity contribution in [2.45, 2.75) is 11.3 Å². The predicted molar refractivity (Wildman–Crippen MR) is 114 cm³/mol. The fraction of sp³-hybridized carbons (Fsp3) is 0.136. The van der Waals surface area contributed by atoms with E-state index in [1.165, 1.54) is 24.3 Å². The second-order valence-corrected chi connectivity index (χ2v) is 8.61. The van der Waals surface area contributed by atoms with Gasteiger partial charge in [0.2, 0.25) is 0 Å². The lowest BCUT2D eigenvalue weighted by molar-refractivity contribution is 0.102. The molecule has 3 aromatic rings. The molecule has 0 spiro atoms. The Hall–Kier alpha value is -3.66. The van der Waals surface area contributed by atoms with Gasteiger partial charge in [0.25, 0.3) is 15.9 Å². The van der Waals surface area contributed by atoms with Gasteiger partial charge < -0.3 is 14.8 Å². The number of hydrogen-bond acceptors (Lipinski definition) is 5. The molecule has 0 radical (unpaired) electrons. The van der Waals surface area contributed by atoms with Crippen molar-refractivity contribution in [1.82, 2.24) is 0 Å². The number of benzene rings is 3. The van der Waals surface area contributed by atoms with Crippen LogP contribution >= 0.6 is 0 Å². The van der Waals surface area contributed by atoms with E-state index >= 15 is 0 Å². The first kappa shape index (κ1) is 21.6. The molecule has 3 aromatic carbocycles. The molecule has 0 fully saturated rings. The van der Waals surface area contributed by atoms with Crippen LogP contribution in [0.3, 0.4) is 0 Å². The minimum atomic E-state index is -4.13. The van der Waals surface area contributed by atoms with E-state index < -0.39 is 32.5 Å². The van der Waals surface area contributed by atoms with E-state index in [1.54, 1.807) is 18.2 Å². The number of ether oxygens (including phenoxy) is 2. The number of fused-ring (bicyclic) bond motifs is 1. The van der Waals surface area contributed by atoms with Crippen LogP contribution in [0.2, 0.25) is 0 Å². The molecule has 7 nitrogen and oxygen atoms in total. The average molecular weight is 460 g/mol. The van der Waals surface area contributed by atoms with E-state index in [0.717, 1.165) is 18.6 Å². The van der Waals surface area contributed by atoms with Crippen LogP contribution in [0.1, 0.15) is 16.8 Å². The molecular formula is C22H18F2N2O5S. The lowest BCUT2D eigenvalue weighted by Crippen LogP contribution is -2.14. The number of nitrogens with one attached hydrogen (secondary N) is 2. The predicted octanol–water partition coefficient (Wildman–Crippen LogP) is 4.18. The maximum Gasteiger partial charge on any atom is 0.261 e. The SMILES string of the molecule is O=C(Nc1ccc2c(c1)OCCCO2)c1ccc(NS(=O)(=O)c2ccc(F)c(F)c2)cc1. The highest BCUT2D eigenvalue weighted by molar-refractivity contribution is 7.92. The van der Waals surface area contributed by atoms with Crippen LogP contribution in [0, 0.1) is 11.6 Å². The first-order chi connectivity index (χ1) is 15.3. The second kappa shape index (κ2) is 8.83. The summed E-state index contributed by atoms with van der Waals surface area (Å²) >= 11 is 0. The van der Waals surface area contributed by atoms with Crippen LogP contribution in [0.15, 0.2) is 65.6 Å². The molecule has 1 amide bonds. The highest BCUT2D eigenvalue weighted by Gasteiger charge is 2.17. The van der Waals surface area contributed by atoms with Gasteiger partial charge in [-0.2, -0.15) is 0 Å². The Labute approximate surface area is 183 Å². The lowest BCUT2D eigenvalue weighted by Gasteiger charge is -2.11. The van der Waals surface area contributed by atoms with E-state index in [-0.39, 0.29) is 11.3 Å². The van der Waals surface area contributed by atoms with Crippen molar-refractivity contribution in [3.8, 4) is 11.5 Å². The Balaban J connectivity index is 1.44. The van der Waals surface area contributed by atoms with Gasteiger partial charge in [-0.25, -0.2) is 17.2 Å². The Bertz CT molecular complexity index is 1260. The molecule has 1 aliphatic heterocycles. The van der Waals surface area contributed by atoms with Crippen LogP contribution < -0.4 is 19.5 Å². The number of sulfonamides is 1. The highest BCUT2D eigenvalue weighted by atomic mass is 32.2. The van der Waals surface area contributed by atoms with Gasteiger partial charge in [0.1, 0.15) is 0 Å². The van der Waals surface area contributed by atoms with Gasteiger partial charge >= 0.3 is 0 Å². The van der Waals surface area contributed by atoms with Crippen LogP contribution in [0.25, 0.3) is 0 Å². The number of anilines is 2. The summed E-state index contributed by atoms with van der Waals surface area (Å²) in [5.74, 6) is -1.67. The molecule has 0 atom stereocenters. The molecule has 1 aliphatic rings. The molecule has 2 N–H and O–H groups in total. The van der Waals surface area contributed by atoms with Gasteiger partial charge in [-0.3, -0.25) is 9.52 Å². The van der Waals surface area contributed by atoms with Crippen molar-refractivity contribution in [2.75, 3.05) is 23.3 Å². The Kier molecular flexibility index (Phi) is 5.95. The molecule has 32 heavy (non-hydrogen) atoms. The lowest BCUT2D eigenvalue weighted by atomic mass is 10.2. The zero-order chi connectivity index (χ0) is 22.7. The molecule has 0 unspecified atom stereocenters. The van der Waals surface area contributed by atoms with Crippen molar-refractivity contribution in [3.63, 3.8) is 0 Å². The molecule has 10 heteroatoms. The molecule has 0 aromatic heterocycles. The van der Waals surface area contributed by atoms with Gasteiger partial charge in [0.05, 0.1) is 18.1 Å². The molecular weight excluding hydrogens is 442 g/mol. The average Bonchev–Trinajstić information content (AvgIpc) is 3.01. The van der Waals surface area contributed by atoms with Crippen LogP contribution in [0.5, 0.6) is 11.5 Å². The van der Waals surface area contributed by atoms with Gasteiger partial charge in [0.15, 0.2) is 23.1 Å². The zero-order valence-corrected chi connectivity index (χ0v) is 17.4. The minimum absolute atomic E-state index is 0.155. The smallest absolute Gasteiger partial charge is 0.261 e. The summed E-state index contributed by atoms with van der Waals surface area (Å²) < 4.78 is 64.6. The molecule has 0 saturated carbocycles. The molecule has 4 rings (SSSR count). The summed E-state index contributed by atoms with van der Waals surface area (Å²) in [6, 6.07) is 13.0. The number of rotatable bonds is 5. The highest BCUT2D eigenvalue weighted by Crippen LogP contribution is 2.32. The zero-order valence-electron chi connectivity index (χ0n) is 16.6. The fourth-order valence-electron chi connectivity index (χ4n) is 2.99. The van der Waals surface area contributed by atoms with E-state index in [2.05, 4.69) is 10.0 Å². The van der Waals surface area contributed by atoms with Crippen LogP contribution in [-0.2, 0) is 10.0 Å². The topological polar surface area (TPSA) is 93.7 Å². The molecule has 166 valence electrons. The summed E-state index contributed by atoms with van der Waals surface area (Å²) in [5.41, 5.74) is 0.956. The van der Waals surface area contributed by atoms with Crippen molar-refractivity contribution >= 4 is 27.3 Å². The number of amides is 1. The third-order valence-electron chi connectivity index (χ3n) is 4.61. The van der Waals surface area contributed by atoms with E-state index in [4.69, 9.17) is 9.47 Å². The first-order valence-corrected chi connectivity index (χ1v) is 11.1. The normalized spacial score (nSPS) is 13.2. The Morgan fingerprint density at radius 1 is 0.812 bits per heavy atom. The number of hydrogen-bond donors (Lipinski definition) is 2. The molecule has 1 heterocycles. The Morgan fingerprint density at radius 3 is 2.22 bits per heavy atom. The number of halogens is 2. The van der Waals surface area contributed by atoms with Crippen LogP contribution in [-0.4, -0.2) is 27.5 Å². The third kappa shape index (κ3) is 4.80. The summed E-state index contributed by atoms with van der Waals surface area (Å²) in [4.78, 5) is 12.1. The van der Waals surface area contributed by atoms with E-state index in [0.29, 0.717) is 36.5 Å². The summed E-state index contributed by atoms with van der Waals surface area (Å²) in [6.07, 6.45) is 0.766. The van der Waals surface area contributed by atoms with Gasteiger partial charge in [0, 0.05) is 29.4 Å². The van der Waals surface area contributed by atoms with E-state index in [9.17, 15) is 22.0 Å². The monoisotopic (exact) mass is 460 g/mol. The molecule has 0 aliphatic carbocycles. The first-order valence-electron chi connectivity index (χ1n) is 9.61.